The van der Waals surface area contributed by atoms with Gasteiger partial charge in [0.2, 0.25) is 0 Å². The van der Waals surface area contributed by atoms with Crippen LogP contribution < -0.4 is 10.2 Å². The monoisotopic (exact) mass is 379 g/mol. The molecule has 28 heavy (non-hydrogen) atoms. The highest BCUT2D eigenvalue weighted by atomic mass is 16.2. The third-order valence-corrected chi connectivity index (χ3v) is 4.75. The second kappa shape index (κ2) is 8.78. The number of rotatable bonds is 8. The van der Waals surface area contributed by atoms with Gasteiger partial charge >= 0.3 is 0 Å². The van der Waals surface area contributed by atoms with Gasteiger partial charge in [-0.2, -0.15) is 0 Å². The van der Waals surface area contributed by atoms with Gasteiger partial charge < -0.3 is 20.1 Å². The number of benzene rings is 1. The lowest BCUT2D eigenvalue weighted by molar-refractivity contribution is 0.0796. The molecule has 1 amide bonds. The van der Waals surface area contributed by atoms with Crippen LogP contribution in [0.15, 0.2) is 48.8 Å². The molecule has 1 aromatic carbocycles. The average Bonchev–Trinajstić information content (AvgIpc) is 3.11. The minimum absolute atomic E-state index is 0.0418. The number of aromatic amines is 1. The van der Waals surface area contributed by atoms with Gasteiger partial charge in [-0.1, -0.05) is 18.2 Å². The molecule has 0 aliphatic heterocycles. The normalized spacial score (nSPS) is 11.0. The zero-order valence-corrected chi connectivity index (χ0v) is 17.1. The number of pyridine rings is 1. The molecule has 148 valence electrons. The summed E-state index contributed by atoms with van der Waals surface area (Å²) >= 11 is 0. The topological polar surface area (TPSA) is 64.3 Å². The first-order valence-corrected chi connectivity index (χ1v) is 9.71. The molecule has 0 radical (unpaired) electrons. The Hall–Kier alpha value is -3.02. The lowest BCUT2D eigenvalue weighted by Crippen LogP contribution is -2.30. The van der Waals surface area contributed by atoms with Crippen LogP contribution in [0.25, 0.3) is 10.9 Å². The third-order valence-electron chi connectivity index (χ3n) is 4.75. The van der Waals surface area contributed by atoms with Crippen molar-refractivity contribution in [3.05, 3.63) is 54.4 Å². The van der Waals surface area contributed by atoms with Crippen LogP contribution in [0, 0.1) is 0 Å². The molecule has 6 nitrogen and oxygen atoms in total. The van der Waals surface area contributed by atoms with Crippen molar-refractivity contribution in [1.29, 1.82) is 0 Å². The molecule has 0 atom stereocenters. The van der Waals surface area contributed by atoms with E-state index in [-0.39, 0.29) is 5.91 Å². The van der Waals surface area contributed by atoms with Crippen LogP contribution in [0.2, 0.25) is 0 Å². The molecule has 3 rings (SSSR count). The summed E-state index contributed by atoms with van der Waals surface area (Å²) in [7, 11) is 3.89. The number of carbonyl (C=O) groups is 1. The number of hydrogen-bond donors (Lipinski definition) is 2. The molecule has 0 saturated carbocycles. The van der Waals surface area contributed by atoms with E-state index in [2.05, 4.69) is 34.0 Å². The van der Waals surface area contributed by atoms with Crippen molar-refractivity contribution in [2.24, 2.45) is 0 Å². The fourth-order valence-electron chi connectivity index (χ4n) is 3.33. The van der Waals surface area contributed by atoms with Crippen molar-refractivity contribution >= 4 is 28.3 Å². The molecule has 3 aromatic rings. The van der Waals surface area contributed by atoms with Gasteiger partial charge in [0.15, 0.2) is 5.82 Å². The van der Waals surface area contributed by atoms with Crippen molar-refractivity contribution in [1.82, 2.24) is 14.9 Å². The number of hydrogen-bond acceptors (Lipinski definition) is 4. The molecule has 0 unspecified atom stereocenters. The Balaban J connectivity index is 1.58. The first-order chi connectivity index (χ1) is 13.5. The molecule has 0 aliphatic carbocycles. The quantitative estimate of drug-likeness (QED) is 0.621. The molecular weight excluding hydrogens is 350 g/mol. The number of nitrogens with zero attached hydrogens (tertiary/aromatic N) is 3. The van der Waals surface area contributed by atoms with E-state index in [1.54, 1.807) is 11.1 Å². The standard InChI is InChI=1S/C22H29N5O/c1-16(2)25-20-11-7-12-23-21(20)26(3)13-8-14-27(4)22(28)18-15-24-19-10-6-5-9-17(18)19/h5-7,9-12,15-16,24-25H,8,13-14H2,1-4H3. The van der Waals surface area contributed by atoms with E-state index in [9.17, 15) is 4.79 Å². The summed E-state index contributed by atoms with van der Waals surface area (Å²) in [6.07, 6.45) is 4.47. The maximum Gasteiger partial charge on any atom is 0.255 e. The first-order valence-electron chi connectivity index (χ1n) is 9.71. The molecule has 0 bridgehead atoms. The van der Waals surface area contributed by atoms with Crippen LogP contribution in [0.3, 0.4) is 0 Å². The van der Waals surface area contributed by atoms with E-state index >= 15 is 0 Å². The van der Waals surface area contributed by atoms with Crippen molar-refractivity contribution in [2.45, 2.75) is 26.3 Å². The fraction of sp³-hybridized carbons (Fsp3) is 0.364. The molecule has 2 N–H and O–H groups in total. The van der Waals surface area contributed by atoms with Crippen LogP contribution in [0.1, 0.15) is 30.6 Å². The van der Waals surface area contributed by atoms with Crippen molar-refractivity contribution in [2.75, 3.05) is 37.4 Å². The van der Waals surface area contributed by atoms with Crippen LogP contribution in [-0.2, 0) is 0 Å². The second-order valence-electron chi connectivity index (χ2n) is 7.42. The lowest BCUT2D eigenvalue weighted by atomic mass is 10.1. The van der Waals surface area contributed by atoms with Gasteiger partial charge in [0, 0.05) is 56.5 Å². The Morgan fingerprint density at radius 2 is 1.93 bits per heavy atom. The van der Waals surface area contributed by atoms with Crippen molar-refractivity contribution in [3.63, 3.8) is 0 Å². The summed E-state index contributed by atoms with van der Waals surface area (Å²) in [4.78, 5) is 24.4. The molecule has 2 aromatic heterocycles. The third kappa shape index (κ3) is 4.44. The molecular formula is C22H29N5O. The number of para-hydroxylation sites is 1. The van der Waals surface area contributed by atoms with Gasteiger partial charge in [-0.05, 0) is 38.5 Å². The maximum atomic E-state index is 12.8. The van der Waals surface area contributed by atoms with E-state index in [4.69, 9.17) is 0 Å². The number of fused-ring (bicyclic) bond motifs is 1. The predicted octanol–water partition coefficient (Wildman–Crippen LogP) is 3.98. The Morgan fingerprint density at radius 1 is 1.14 bits per heavy atom. The highest BCUT2D eigenvalue weighted by molar-refractivity contribution is 6.06. The maximum absolute atomic E-state index is 12.8. The zero-order chi connectivity index (χ0) is 20.1. The summed E-state index contributed by atoms with van der Waals surface area (Å²) in [6, 6.07) is 12.2. The average molecular weight is 380 g/mol. The summed E-state index contributed by atoms with van der Waals surface area (Å²) in [5.74, 6) is 0.974. The Labute approximate surface area is 166 Å². The van der Waals surface area contributed by atoms with E-state index < -0.39 is 0 Å². The number of anilines is 2. The van der Waals surface area contributed by atoms with Crippen LogP contribution in [0.4, 0.5) is 11.5 Å². The smallest absolute Gasteiger partial charge is 0.255 e. The SMILES string of the molecule is CC(C)Nc1cccnc1N(C)CCCN(C)C(=O)c1c[nH]c2ccccc12. The van der Waals surface area contributed by atoms with E-state index in [0.717, 1.165) is 40.9 Å². The van der Waals surface area contributed by atoms with Gasteiger partial charge in [-0.3, -0.25) is 4.79 Å². The molecule has 2 heterocycles. The lowest BCUT2D eigenvalue weighted by Gasteiger charge is -2.24. The first kappa shape index (κ1) is 19.7. The Bertz CT molecular complexity index is 933. The Morgan fingerprint density at radius 3 is 2.71 bits per heavy atom. The number of amides is 1. The highest BCUT2D eigenvalue weighted by Gasteiger charge is 2.16. The second-order valence-corrected chi connectivity index (χ2v) is 7.42. The minimum Gasteiger partial charge on any atom is -0.380 e. The summed E-state index contributed by atoms with van der Waals surface area (Å²) in [6.45, 7) is 5.72. The molecule has 0 saturated heterocycles. The summed E-state index contributed by atoms with van der Waals surface area (Å²) < 4.78 is 0. The van der Waals surface area contributed by atoms with Gasteiger partial charge in [0.05, 0.1) is 11.3 Å². The van der Waals surface area contributed by atoms with Crippen molar-refractivity contribution < 1.29 is 4.79 Å². The summed E-state index contributed by atoms with van der Waals surface area (Å²) in [5.41, 5.74) is 2.74. The van der Waals surface area contributed by atoms with Crippen LogP contribution in [0.5, 0.6) is 0 Å². The van der Waals surface area contributed by atoms with Gasteiger partial charge in [-0.25, -0.2) is 4.98 Å². The molecule has 0 aliphatic rings. The zero-order valence-electron chi connectivity index (χ0n) is 17.1. The molecule has 0 spiro atoms. The van der Waals surface area contributed by atoms with Gasteiger partial charge in [0.1, 0.15) is 0 Å². The number of nitrogens with one attached hydrogen (secondary N) is 2. The largest absolute Gasteiger partial charge is 0.380 e. The van der Waals surface area contributed by atoms with E-state index in [1.165, 1.54) is 0 Å². The fourth-order valence-corrected chi connectivity index (χ4v) is 3.33. The molecule has 6 heteroatoms. The number of H-pyrrole nitrogens is 1. The molecule has 0 fully saturated rings. The van der Waals surface area contributed by atoms with Gasteiger partial charge in [-0.15, -0.1) is 0 Å². The van der Waals surface area contributed by atoms with E-state index in [0.29, 0.717) is 12.6 Å². The number of carbonyl (C=O) groups excluding carboxylic acids is 1. The predicted molar refractivity (Wildman–Crippen MR) is 116 cm³/mol. The Kier molecular flexibility index (Phi) is 6.19. The van der Waals surface area contributed by atoms with Crippen LogP contribution >= 0.6 is 0 Å². The van der Waals surface area contributed by atoms with E-state index in [1.807, 2.05) is 56.7 Å². The van der Waals surface area contributed by atoms with Crippen LogP contribution in [-0.4, -0.2) is 54.0 Å². The highest BCUT2D eigenvalue weighted by Crippen LogP contribution is 2.23. The van der Waals surface area contributed by atoms with Crippen molar-refractivity contribution in [3.8, 4) is 0 Å². The minimum atomic E-state index is 0.0418. The number of aromatic nitrogens is 2. The van der Waals surface area contributed by atoms with Gasteiger partial charge in [0.25, 0.3) is 5.91 Å². The summed E-state index contributed by atoms with van der Waals surface area (Å²) in [5, 5.41) is 4.40.